The number of hydrogen-bond acceptors (Lipinski definition) is 3. The highest BCUT2D eigenvalue weighted by atomic mass is 16.5. The van der Waals surface area contributed by atoms with E-state index in [0.717, 1.165) is 12.8 Å². The first-order valence-corrected chi connectivity index (χ1v) is 5.49. The lowest BCUT2D eigenvalue weighted by Gasteiger charge is -2.26. The van der Waals surface area contributed by atoms with Crippen molar-refractivity contribution in [3.05, 3.63) is 0 Å². The Morgan fingerprint density at radius 1 is 1.53 bits per heavy atom. The molecule has 0 bridgehead atoms. The van der Waals surface area contributed by atoms with E-state index in [1.165, 1.54) is 0 Å². The summed E-state index contributed by atoms with van der Waals surface area (Å²) in [5.41, 5.74) is 5.31. The molecule has 90 valence electrons. The van der Waals surface area contributed by atoms with Gasteiger partial charge >= 0.3 is 0 Å². The fourth-order valence-electron chi connectivity index (χ4n) is 1.59. The summed E-state index contributed by atoms with van der Waals surface area (Å²) in [6.45, 7) is 6.53. The van der Waals surface area contributed by atoms with E-state index in [-0.39, 0.29) is 17.6 Å². The van der Waals surface area contributed by atoms with Crippen LogP contribution in [0.25, 0.3) is 0 Å². The number of carbonyl (C=O) groups excluding carboxylic acids is 1. The first-order valence-electron chi connectivity index (χ1n) is 5.49. The van der Waals surface area contributed by atoms with Crippen molar-refractivity contribution >= 4 is 5.91 Å². The van der Waals surface area contributed by atoms with E-state index in [2.05, 4.69) is 12.2 Å². The van der Waals surface area contributed by atoms with E-state index in [4.69, 9.17) is 10.5 Å². The average Bonchev–Trinajstić information content (AvgIpc) is 2.13. The average molecular weight is 216 g/mol. The predicted molar refractivity (Wildman–Crippen MR) is 61.6 cm³/mol. The SMILES string of the molecule is CCCC(C)(C)NC(=O)CC(CN)OC. The molecule has 0 radical (unpaired) electrons. The number of carbonyl (C=O) groups is 1. The second-order valence-electron chi connectivity index (χ2n) is 4.48. The largest absolute Gasteiger partial charge is 0.380 e. The van der Waals surface area contributed by atoms with Crippen LogP contribution in [0.2, 0.25) is 0 Å². The van der Waals surface area contributed by atoms with Gasteiger partial charge in [0.2, 0.25) is 5.91 Å². The summed E-state index contributed by atoms with van der Waals surface area (Å²) in [5, 5.41) is 2.98. The van der Waals surface area contributed by atoms with Crippen LogP contribution < -0.4 is 11.1 Å². The third-order valence-corrected chi connectivity index (χ3v) is 2.36. The number of rotatable bonds is 7. The molecule has 0 aromatic carbocycles. The van der Waals surface area contributed by atoms with Crippen LogP contribution in [0, 0.1) is 0 Å². The van der Waals surface area contributed by atoms with E-state index in [1.807, 2.05) is 13.8 Å². The molecule has 4 heteroatoms. The maximum absolute atomic E-state index is 11.6. The Morgan fingerprint density at radius 2 is 2.13 bits per heavy atom. The normalized spacial score (nSPS) is 13.7. The molecule has 0 saturated carbocycles. The van der Waals surface area contributed by atoms with Crippen LogP contribution >= 0.6 is 0 Å². The van der Waals surface area contributed by atoms with Crippen molar-refractivity contribution in [3.8, 4) is 0 Å². The number of amides is 1. The van der Waals surface area contributed by atoms with Gasteiger partial charge in [0.25, 0.3) is 0 Å². The van der Waals surface area contributed by atoms with Crippen molar-refractivity contribution in [1.82, 2.24) is 5.32 Å². The molecule has 0 aliphatic carbocycles. The van der Waals surface area contributed by atoms with E-state index < -0.39 is 0 Å². The Morgan fingerprint density at radius 3 is 2.53 bits per heavy atom. The van der Waals surface area contributed by atoms with Crippen LogP contribution in [-0.4, -0.2) is 31.2 Å². The molecule has 3 N–H and O–H groups in total. The van der Waals surface area contributed by atoms with Crippen LogP contribution in [0.3, 0.4) is 0 Å². The molecule has 0 fully saturated rings. The van der Waals surface area contributed by atoms with Crippen LogP contribution in [-0.2, 0) is 9.53 Å². The molecule has 0 aliphatic heterocycles. The highest BCUT2D eigenvalue weighted by Gasteiger charge is 2.20. The Hall–Kier alpha value is -0.610. The predicted octanol–water partition coefficient (Wildman–Crippen LogP) is 1.05. The number of nitrogens with two attached hydrogens (primary N) is 1. The highest BCUT2D eigenvalue weighted by Crippen LogP contribution is 2.11. The van der Waals surface area contributed by atoms with E-state index in [0.29, 0.717) is 13.0 Å². The van der Waals surface area contributed by atoms with Crippen molar-refractivity contribution in [1.29, 1.82) is 0 Å². The molecular weight excluding hydrogens is 192 g/mol. The zero-order valence-corrected chi connectivity index (χ0v) is 10.3. The second-order valence-corrected chi connectivity index (χ2v) is 4.48. The van der Waals surface area contributed by atoms with Crippen LogP contribution in [0.1, 0.15) is 40.0 Å². The Balaban J connectivity index is 4.01. The first-order chi connectivity index (χ1) is 6.95. The topological polar surface area (TPSA) is 64.4 Å². The fraction of sp³-hybridized carbons (Fsp3) is 0.909. The van der Waals surface area contributed by atoms with Gasteiger partial charge in [-0.05, 0) is 20.3 Å². The van der Waals surface area contributed by atoms with E-state index >= 15 is 0 Å². The van der Waals surface area contributed by atoms with Gasteiger partial charge in [0, 0.05) is 19.2 Å². The monoisotopic (exact) mass is 216 g/mol. The number of methoxy groups -OCH3 is 1. The smallest absolute Gasteiger partial charge is 0.223 e. The summed E-state index contributed by atoms with van der Waals surface area (Å²) < 4.78 is 5.06. The standard InChI is InChI=1S/C11H24N2O2/c1-5-6-11(2,3)13-10(14)7-9(8-12)15-4/h9H,5-8,12H2,1-4H3,(H,13,14). The quantitative estimate of drug-likeness (QED) is 0.668. The van der Waals surface area contributed by atoms with E-state index in [9.17, 15) is 4.79 Å². The summed E-state index contributed by atoms with van der Waals surface area (Å²) in [6.07, 6.45) is 2.18. The minimum absolute atomic E-state index is 0.00532. The van der Waals surface area contributed by atoms with Gasteiger partial charge in [-0.15, -0.1) is 0 Å². The molecule has 0 spiro atoms. The van der Waals surface area contributed by atoms with Crippen molar-refractivity contribution in [2.45, 2.75) is 51.7 Å². The van der Waals surface area contributed by atoms with Crippen molar-refractivity contribution in [3.63, 3.8) is 0 Å². The third-order valence-electron chi connectivity index (χ3n) is 2.36. The summed E-state index contributed by atoms with van der Waals surface area (Å²) in [6, 6.07) is 0. The maximum atomic E-state index is 11.6. The molecule has 0 heterocycles. The molecule has 0 saturated heterocycles. The minimum Gasteiger partial charge on any atom is -0.380 e. The molecule has 0 rings (SSSR count). The number of hydrogen-bond donors (Lipinski definition) is 2. The summed E-state index contributed by atoms with van der Waals surface area (Å²) >= 11 is 0. The van der Waals surface area contributed by atoms with E-state index in [1.54, 1.807) is 7.11 Å². The summed E-state index contributed by atoms with van der Waals surface area (Å²) in [5.74, 6) is 0.00532. The molecule has 0 aliphatic rings. The van der Waals surface area contributed by atoms with Gasteiger partial charge in [-0.1, -0.05) is 13.3 Å². The fourth-order valence-corrected chi connectivity index (χ4v) is 1.59. The molecule has 1 unspecified atom stereocenters. The van der Waals surface area contributed by atoms with Crippen LogP contribution in [0.15, 0.2) is 0 Å². The highest BCUT2D eigenvalue weighted by molar-refractivity contribution is 5.77. The van der Waals surface area contributed by atoms with Crippen molar-refractivity contribution < 1.29 is 9.53 Å². The molecule has 1 atom stereocenters. The molecule has 0 aromatic heterocycles. The Bertz CT molecular complexity index is 189. The van der Waals surface area contributed by atoms with Crippen molar-refractivity contribution in [2.75, 3.05) is 13.7 Å². The maximum Gasteiger partial charge on any atom is 0.223 e. The molecule has 1 amide bonds. The van der Waals surface area contributed by atoms with Crippen LogP contribution in [0.4, 0.5) is 0 Å². The number of nitrogens with one attached hydrogen (secondary N) is 1. The molecule has 4 nitrogen and oxygen atoms in total. The lowest BCUT2D eigenvalue weighted by molar-refractivity contribution is -0.125. The van der Waals surface area contributed by atoms with Gasteiger partial charge < -0.3 is 15.8 Å². The third kappa shape index (κ3) is 6.47. The lowest BCUT2D eigenvalue weighted by Crippen LogP contribution is -2.45. The van der Waals surface area contributed by atoms with Crippen molar-refractivity contribution in [2.24, 2.45) is 5.73 Å². The van der Waals surface area contributed by atoms with Gasteiger partial charge in [0.05, 0.1) is 12.5 Å². The Labute approximate surface area is 92.6 Å². The Kier molecular flexibility index (Phi) is 6.52. The van der Waals surface area contributed by atoms with Gasteiger partial charge in [0.15, 0.2) is 0 Å². The minimum atomic E-state index is -0.178. The summed E-state index contributed by atoms with van der Waals surface area (Å²) in [4.78, 5) is 11.6. The molecular formula is C11H24N2O2. The van der Waals surface area contributed by atoms with Gasteiger partial charge in [-0.25, -0.2) is 0 Å². The molecule has 0 aromatic rings. The van der Waals surface area contributed by atoms with Gasteiger partial charge in [-0.2, -0.15) is 0 Å². The lowest BCUT2D eigenvalue weighted by atomic mass is 9.98. The molecule has 15 heavy (non-hydrogen) atoms. The number of ether oxygens (including phenoxy) is 1. The second kappa shape index (κ2) is 6.80. The summed E-state index contributed by atoms with van der Waals surface area (Å²) in [7, 11) is 1.57. The van der Waals surface area contributed by atoms with Gasteiger partial charge in [0.1, 0.15) is 0 Å². The zero-order valence-electron chi connectivity index (χ0n) is 10.3. The van der Waals surface area contributed by atoms with Gasteiger partial charge in [-0.3, -0.25) is 4.79 Å². The zero-order chi connectivity index (χ0) is 11.9. The van der Waals surface area contributed by atoms with Crippen LogP contribution in [0.5, 0.6) is 0 Å². The first kappa shape index (κ1) is 14.4.